The van der Waals surface area contributed by atoms with E-state index in [1.807, 2.05) is 18.2 Å². The maximum atomic E-state index is 10.1. The lowest BCUT2D eigenvalue weighted by Crippen LogP contribution is -2.31. The Morgan fingerprint density at radius 3 is 2.76 bits per heavy atom. The zero-order valence-electron chi connectivity index (χ0n) is 13.5. The van der Waals surface area contributed by atoms with Crippen LogP contribution in [-0.2, 0) is 6.42 Å². The minimum Gasteiger partial charge on any atom is -0.507 e. The number of aryl methyl sites for hydroxylation is 1. The Labute approximate surface area is 128 Å². The third-order valence-electron chi connectivity index (χ3n) is 3.71. The summed E-state index contributed by atoms with van der Waals surface area (Å²) in [6, 6.07) is 3.91. The summed E-state index contributed by atoms with van der Waals surface area (Å²) in [7, 11) is 0. The van der Waals surface area contributed by atoms with Crippen LogP contribution in [-0.4, -0.2) is 10.7 Å². The molecule has 2 heteroatoms. The smallest absolute Gasteiger partial charge is 0.131 e. The number of phenols is 1. The molecule has 0 spiro atoms. The average Bonchev–Trinajstić information content (AvgIpc) is 2.37. The number of phenolic OH excluding ortho intramolecular Hbond substituents is 1. The van der Waals surface area contributed by atoms with Gasteiger partial charge in [-0.1, -0.05) is 39.3 Å². The summed E-state index contributed by atoms with van der Waals surface area (Å²) >= 11 is 0. The van der Waals surface area contributed by atoms with Crippen LogP contribution in [0.5, 0.6) is 11.5 Å². The summed E-state index contributed by atoms with van der Waals surface area (Å²) in [5.41, 5.74) is 1.58. The van der Waals surface area contributed by atoms with E-state index in [1.54, 1.807) is 0 Å². The highest BCUT2D eigenvalue weighted by molar-refractivity contribution is 5.67. The number of hydrogen-bond acceptors (Lipinski definition) is 2. The lowest BCUT2D eigenvalue weighted by molar-refractivity contribution is 0.140. The molecule has 1 aliphatic rings. The van der Waals surface area contributed by atoms with Crippen LogP contribution in [0.25, 0.3) is 6.08 Å². The zero-order valence-corrected chi connectivity index (χ0v) is 13.5. The van der Waals surface area contributed by atoms with E-state index in [0.29, 0.717) is 11.7 Å². The molecule has 0 aliphatic carbocycles. The molecule has 1 N–H and O–H groups in total. The molecule has 1 aromatic carbocycles. The first-order valence-electron chi connectivity index (χ1n) is 7.84. The van der Waals surface area contributed by atoms with Gasteiger partial charge in [-0.25, -0.2) is 0 Å². The summed E-state index contributed by atoms with van der Waals surface area (Å²) in [6.45, 7) is 8.56. The predicted octanol–water partition coefficient (Wildman–Crippen LogP) is 5.11. The molecule has 0 amide bonds. The molecular weight excluding hydrogens is 260 g/mol. The van der Waals surface area contributed by atoms with Gasteiger partial charge in [-0.2, -0.15) is 0 Å². The summed E-state index contributed by atoms with van der Waals surface area (Å²) in [5, 5.41) is 10.1. The summed E-state index contributed by atoms with van der Waals surface area (Å²) < 4.78 is 6.17. The van der Waals surface area contributed by atoms with Crippen LogP contribution in [0.3, 0.4) is 0 Å². The van der Waals surface area contributed by atoms with Crippen LogP contribution in [0.4, 0.5) is 0 Å². The van der Waals surface area contributed by atoms with Crippen LogP contribution >= 0.6 is 0 Å². The largest absolute Gasteiger partial charge is 0.507 e. The average molecular weight is 286 g/mol. The van der Waals surface area contributed by atoms with Crippen molar-refractivity contribution in [3.05, 3.63) is 41.5 Å². The van der Waals surface area contributed by atoms with E-state index in [-0.39, 0.29) is 5.60 Å². The minimum atomic E-state index is -0.338. The predicted molar refractivity (Wildman–Crippen MR) is 88.8 cm³/mol. The van der Waals surface area contributed by atoms with Crippen molar-refractivity contribution < 1.29 is 9.84 Å². The van der Waals surface area contributed by atoms with Crippen LogP contribution in [0.2, 0.25) is 0 Å². The molecule has 0 unspecified atom stereocenters. The second-order valence-electron chi connectivity index (χ2n) is 6.40. The van der Waals surface area contributed by atoms with Crippen molar-refractivity contribution in [2.75, 3.05) is 0 Å². The topological polar surface area (TPSA) is 29.5 Å². The Bertz CT molecular complexity index is 555. The number of fused-ring (bicyclic) bond motifs is 1. The van der Waals surface area contributed by atoms with Gasteiger partial charge < -0.3 is 9.84 Å². The van der Waals surface area contributed by atoms with Crippen LogP contribution in [0, 0.1) is 5.92 Å². The molecule has 114 valence electrons. The Hall–Kier alpha value is -1.70. The van der Waals surface area contributed by atoms with E-state index < -0.39 is 0 Å². The quantitative estimate of drug-likeness (QED) is 0.762. The molecular formula is C19H26O2. The molecule has 0 radical (unpaired) electrons. The molecule has 1 aliphatic heterocycles. The SMILES string of the molecule is CCCc1cc(O)c2c(c1)O[C@@](C)(CC=CC(C)C)C=C2. The van der Waals surface area contributed by atoms with Crippen LogP contribution in [0.15, 0.2) is 30.4 Å². The van der Waals surface area contributed by atoms with Crippen LogP contribution < -0.4 is 4.74 Å². The molecule has 0 aromatic heterocycles. The number of hydrogen-bond donors (Lipinski definition) is 1. The van der Waals surface area contributed by atoms with Gasteiger partial charge in [-0.3, -0.25) is 0 Å². The van der Waals surface area contributed by atoms with E-state index in [1.165, 1.54) is 0 Å². The van der Waals surface area contributed by atoms with Crippen molar-refractivity contribution in [3.63, 3.8) is 0 Å². The van der Waals surface area contributed by atoms with Gasteiger partial charge in [0.1, 0.15) is 17.1 Å². The van der Waals surface area contributed by atoms with Crippen molar-refractivity contribution in [2.24, 2.45) is 5.92 Å². The van der Waals surface area contributed by atoms with Crippen molar-refractivity contribution in [2.45, 2.75) is 52.6 Å². The third-order valence-corrected chi connectivity index (χ3v) is 3.71. The maximum Gasteiger partial charge on any atom is 0.131 e. The molecule has 1 heterocycles. The molecule has 2 rings (SSSR count). The molecule has 0 bridgehead atoms. The number of ether oxygens (including phenoxy) is 1. The van der Waals surface area contributed by atoms with Gasteiger partial charge >= 0.3 is 0 Å². The Morgan fingerprint density at radius 1 is 1.33 bits per heavy atom. The van der Waals surface area contributed by atoms with Gasteiger partial charge in [0, 0.05) is 6.42 Å². The Balaban J connectivity index is 2.22. The van der Waals surface area contributed by atoms with Crippen molar-refractivity contribution in [1.82, 2.24) is 0 Å². The van der Waals surface area contributed by atoms with Crippen molar-refractivity contribution in [1.29, 1.82) is 0 Å². The van der Waals surface area contributed by atoms with E-state index in [2.05, 4.69) is 45.9 Å². The van der Waals surface area contributed by atoms with Gasteiger partial charge in [-0.05, 0) is 49.1 Å². The first kappa shape index (κ1) is 15.7. The summed E-state index contributed by atoms with van der Waals surface area (Å²) in [5.74, 6) is 1.65. The summed E-state index contributed by atoms with van der Waals surface area (Å²) in [4.78, 5) is 0. The van der Waals surface area contributed by atoms with Gasteiger partial charge in [0.25, 0.3) is 0 Å². The lowest BCUT2D eigenvalue weighted by Gasteiger charge is -2.31. The van der Waals surface area contributed by atoms with E-state index in [4.69, 9.17) is 4.74 Å². The van der Waals surface area contributed by atoms with E-state index >= 15 is 0 Å². The second kappa shape index (κ2) is 6.38. The Morgan fingerprint density at radius 2 is 2.10 bits per heavy atom. The first-order chi connectivity index (χ1) is 9.93. The number of aromatic hydroxyl groups is 1. The fourth-order valence-electron chi connectivity index (χ4n) is 2.58. The highest BCUT2D eigenvalue weighted by Crippen LogP contribution is 2.39. The highest BCUT2D eigenvalue weighted by Gasteiger charge is 2.27. The number of benzene rings is 1. The second-order valence-corrected chi connectivity index (χ2v) is 6.40. The molecule has 2 nitrogen and oxygen atoms in total. The molecule has 1 aromatic rings. The maximum absolute atomic E-state index is 10.1. The van der Waals surface area contributed by atoms with E-state index in [9.17, 15) is 5.11 Å². The lowest BCUT2D eigenvalue weighted by atomic mass is 9.94. The molecule has 21 heavy (non-hydrogen) atoms. The fourth-order valence-corrected chi connectivity index (χ4v) is 2.58. The third kappa shape index (κ3) is 3.90. The van der Waals surface area contributed by atoms with E-state index in [0.717, 1.165) is 36.1 Å². The fraction of sp³-hybridized carbons (Fsp3) is 0.474. The van der Waals surface area contributed by atoms with Gasteiger partial charge in [0.2, 0.25) is 0 Å². The molecule has 0 fully saturated rings. The summed E-state index contributed by atoms with van der Waals surface area (Å²) in [6.07, 6.45) is 11.2. The van der Waals surface area contributed by atoms with Crippen molar-refractivity contribution >= 4 is 6.08 Å². The molecule has 0 saturated heterocycles. The van der Waals surface area contributed by atoms with Gasteiger partial charge in [0.15, 0.2) is 0 Å². The van der Waals surface area contributed by atoms with Gasteiger partial charge in [-0.15, -0.1) is 0 Å². The van der Waals surface area contributed by atoms with Gasteiger partial charge in [0.05, 0.1) is 5.56 Å². The highest BCUT2D eigenvalue weighted by atomic mass is 16.5. The number of allylic oxidation sites excluding steroid dienone is 1. The number of rotatable bonds is 5. The molecule has 0 saturated carbocycles. The minimum absolute atomic E-state index is 0.312. The standard InChI is InChI=1S/C19H26O2/c1-5-7-15-12-17(20)16-9-11-19(4,21-18(16)13-15)10-6-8-14(2)3/h6,8-9,11-14,20H,5,7,10H2,1-4H3/t19-/m0/s1. The first-order valence-corrected chi connectivity index (χ1v) is 7.84. The normalized spacial score (nSPS) is 20.8. The zero-order chi connectivity index (χ0) is 15.5. The Kier molecular flexibility index (Phi) is 4.76. The monoisotopic (exact) mass is 286 g/mol. The molecule has 1 atom stereocenters. The van der Waals surface area contributed by atoms with Crippen LogP contribution in [0.1, 0.15) is 51.7 Å². The van der Waals surface area contributed by atoms with Crippen molar-refractivity contribution in [3.8, 4) is 11.5 Å².